The Morgan fingerprint density at radius 1 is 1.39 bits per heavy atom. The van der Waals surface area contributed by atoms with Crippen LogP contribution in [-0.4, -0.2) is 76.2 Å². The van der Waals surface area contributed by atoms with Crippen molar-refractivity contribution >= 4 is 23.6 Å². The van der Waals surface area contributed by atoms with E-state index in [4.69, 9.17) is 15.2 Å². The molecule has 6 N–H and O–H groups in total. The highest BCUT2D eigenvalue weighted by atomic mass is 32.2. The fourth-order valence-corrected chi connectivity index (χ4v) is 4.34. The normalized spacial score (nSPS) is 29.6. The molecule has 1 saturated heterocycles. The first-order valence-electron chi connectivity index (χ1n) is 8.75. The molecule has 1 aromatic carbocycles. The number of thioether (sulfide) groups is 1. The van der Waals surface area contributed by atoms with E-state index in [-0.39, 0.29) is 13.0 Å². The predicted octanol–water partition coefficient (Wildman–Crippen LogP) is -1.02. The van der Waals surface area contributed by atoms with Crippen LogP contribution in [0.3, 0.4) is 0 Å². The van der Waals surface area contributed by atoms with Gasteiger partial charge in [-0.2, -0.15) is 0 Å². The summed E-state index contributed by atoms with van der Waals surface area (Å²) in [4.78, 5) is 23.2. The van der Waals surface area contributed by atoms with Gasteiger partial charge in [0.25, 0.3) is 0 Å². The maximum Gasteiger partial charge on any atom is 0.349 e. The molecule has 10 heteroatoms. The first-order chi connectivity index (χ1) is 13.2. The van der Waals surface area contributed by atoms with E-state index in [2.05, 4.69) is 5.32 Å². The van der Waals surface area contributed by atoms with Crippen molar-refractivity contribution in [1.29, 1.82) is 0 Å². The van der Waals surface area contributed by atoms with E-state index in [1.165, 1.54) is 14.0 Å². The van der Waals surface area contributed by atoms with Gasteiger partial charge in [0.05, 0.1) is 25.4 Å². The zero-order valence-corrected chi connectivity index (χ0v) is 16.5. The van der Waals surface area contributed by atoms with Gasteiger partial charge in [-0.1, -0.05) is 30.0 Å². The zero-order chi connectivity index (χ0) is 20.9. The van der Waals surface area contributed by atoms with Crippen LogP contribution in [0.4, 0.5) is 0 Å². The lowest BCUT2D eigenvalue weighted by Gasteiger charge is -2.47. The monoisotopic (exact) mass is 414 g/mol. The molecule has 1 amide bonds. The third kappa shape index (κ3) is 5.02. The lowest BCUT2D eigenvalue weighted by atomic mass is 9.89. The maximum absolute atomic E-state index is 12.6. The third-order valence-electron chi connectivity index (χ3n) is 4.44. The van der Waals surface area contributed by atoms with Crippen LogP contribution in [0, 0.1) is 0 Å². The molecule has 1 aliphatic rings. The van der Waals surface area contributed by atoms with E-state index >= 15 is 0 Å². The molecule has 28 heavy (non-hydrogen) atoms. The molecule has 1 unspecified atom stereocenters. The fourth-order valence-electron chi connectivity index (χ4n) is 3.09. The van der Waals surface area contributed by atoms with Crippen LogP contribution < -0.4 is 11.1 Å². The molecule has 0 saturated carbocycles. The number of hydrogen-bond acceptors (Lipinski definition) is 9. The van der Waals surface area contributed by atoms with Crippen LogP contribution in [0.2, 0.25) is 0 Å². The summed E-state index contributed by atoms with van der Waals surface area (Å²) in [6.45, 7) is 0.970. The molecule has 0 radical (unpaired) electrons. The molecule has 2 rings (SSSR count). The zero-order valence-electron chi connectivity index (χ0n) is 15.6. The highest BCUT2D eigenvalue weighted by Gasteiger charge is 2.55. The van der Waals surface area contributed by atoms with Crippen LogP contribution in [0.15, 0.2) is 35.2 Å². The standard InChI is InChI=1S/C18H26N2O7S/c1-10(21)20-14-12(22)8-18(17(25)26-2,28-11-6-4-3-5-7-11)27-16(14)15(24)13(23)9-19/h3-7,12-16,22-24H,8-9,19H2,1-2H3,(H,20,21)/t12-,13-,14-,15-,16?,18-/m1/s1. The lowest BCUT2D eigenvalue weighted by molar-refractivity contribution is -0.204. The lowest BCUT2D eigenvalue weighted by Crippen LogP contribution is -2.66. The highest BCUT2D eigenvalue weighted by Crippen LogP contribution is 2.44. The minimum Gasteiger partial charge on any atom is -0.466 e. The average molecular weight is 414 g/mol. The number of ether oxygens (including phenoxy) is 2. The number of aliphatic hydroxyl groups is 3. The largest absolute Gasteiger partial charge is 0.466 e. The summed E-state index contributed by atoms with van der Waals surface area (Å²) in [7, 11) is 1.19. The Hall–Kier alpha value is -1.69. The van der Waals surface area contributed by atoms with E-state index in [0.717, 1.165) is 11.8 Å². The molecule has 6 atom stereocenters. The van der Waals surface area contributed by atoms with E-state index < -0.39 is 47.3 Å². The van der Waals surface area contributed by atoms with Crippen molar-refractivity contribution in [2.45, 2.75) is 53.6 Å². The number of esters is 1. The minimum atomic E-state index is -1.69. The molecule has 1 aromatic rings. The number of benzene rings is 1. The second-order valence-corrected chi connectivity index (χ2v) is 7.87. The molecule has 0 bridgehead atoms. The molecule has 1 heterocycles. The third-order valence-corrected chi connectivity index (χ3v) is 5.70. The van der Waals surface area contributed by atoms with Crippen molar-refractivity contribution in [2.75, 3.05) is 13.7 Å². The van der Waals surface area contributed by atoms with Crippen LogP contribution in [-0.2, 0) is 19.1 Å². The van der Waals surface area contributed by atoms with Gasteiger partial charge < -0.3 is 35.8 Å². The average Bonchev–Trinajstić information content (AvgIpc) is 2.68. The minimum absolute atomic E-state index is 0.202. The Kier molecular flexibility index (Phi) is 7.81. The van der Waals surface area contributed by atoms with Gasteiger partial charge in [-0.05, 0) is 12.1 Å². The van der Waals surface area contributed by atoms with Gasteiger partial charge in [-0.25, -0.2) is 4.79 Å². The summed E-state index contributed by atoms with van der Waals surface area (Å²) in [5.74, 6) is -1.23. The first-order valence-corrected chi connectivity index (χ1v) is 9.57. The van der Waals surface area contributed by atoms with Crippen molar-refractivity contribution < 1.29 is 34.4 Å². The number of hydrogen-bond donors (Lipinski definition) is 5. The summed E-state index contributed by atoms with van der Waals surface area (Å²) in [6.07, 6.45) is -5.70. The van der Waals surface area contributed by atoms with Gasteiger partial charge in [0.1, 0.15) is 12.2 Å². The van der Waals surface area contributed by atoms with E-state index in [9.17, 15) is 24.9 Å². The van der Waals surface area contributed by atoms with Crippen LogP contribution in [0.5, 0.6) is 0 Å². The first kappa shape index (κ1) is 22.6. The number of aliphatic hydroxyl groups excluding tert-OH is 3. The number of nitrogens with two attached hydrogens (primary N) is 1. The van der Waals surface area contributed by atoms with E-state index in [1.807, 2.05) is 6.07 Å². The Morgan fingerprint density at radius 2 is 2.04 bits per heavy atom. The molecular formula is C18H26N2O7S. The van der Waals surface area contributed by atoms with E-state index in [1.54, 1.807) is 24.3 Å². The fraction of sp³-hybridized carbons (Fsp3) is 0.556. The molecular weight excluding hydrogens is 388 g/mol. The Balaban J connectivity index is 2.43. The topological polar surface area (TPSA) is 151 Å². The molecule has 0 spiro atoms. The van der Waals surface area contributed by atoms with Gasteiger partial charge in [-0.3, -0.25) is 4.79 Å². The number of nitrogens with one attached hydrogen (secondary N) is 1. The predicted molar refractivity (Wildman–Crippen MR) is 101 cm³/mol. The maximum atomic E-state index is 12.6. The van der Waals surface area contributed by atoms with E-state index in [0.29, 0.717) is 4.90 Å². The smallest absolute Gasteiger partial charge is 0.349 e. The number of rotatable bonds is 7. The molecule has 9 nitrogen and oxygen atoms in total. The molecule has 0 aromatic heterocycles. The molecule has 1 aliphatic heterocycles. The second kappa shape index (κ2) is 9.68. The summed E-state index contributed by atoms with van der Waals surface area (Å²) in [5.41, 5.74) is 5.43. The van der Waals surface area contributed by atoms with Crippen molar-refractivity contribution in [3.63, 3.8) is 0 Å². The van der Waals surface area contributed by atoms with Crippen LogP contribution in [0.1, 0.15) is 13.3 Å². The number of methoxy groups -OCH3 is 1. The number of carbonyl (C=O) groups is 2. The van der Waals surface area contributed by atoms with Crippen molar-refractivity contribution in [1.82, 2.24) is 5.32 Å². The quantitative estimate of drug-likeness (QED) is 0.353. The second-order valence-electron chi connectivity index (χ2n) is 6.53. The Labute approximate surface area is 167 Å². The van der Waals surface area contributed by atoms with Gasteiger partial charge in [-0.15, -0.1) is 0 Å². The van der Waals surface area contributed by atoms with Crippen LogP contribution >= 0.6 is 11.8 Å². The summed E-state index contributed by atoms with van der Waals surface area (Å²) < 4.78 is 10.8. The van der Waals surface area contributed by atoms with Gasteiger partial charge in [0.2, 0.25) is 10.8 Å². The molecule has 1 fully saturated rings. The summed E-state index contributed by atoms with van der Waals surface area (Å²) in [5, 5.41) is 33.7. The number of carbonyl (C=O) groups excluding carboxylic acids is 2. The highest BCUT2D eigenvalue weighted by molar-refractivity contribution is 8.01. The Bertz CT molecular complexity index is 677. The molecule has 156 valence electrons. The van der Waals surface area contributed by atoms with Gasteiger partial charge in [0.15, 0.2) is 0 Å². The van der Waals surface area contributed by atoms with Gasteiger partial charge in [0, 0.05) is 24.8 Å². The Morgan fingerprint density at radius 3 is 2.57 bits per heavy atom. The number of amides is 1. The van der Waals surface area contributed by atoms with Crippen molar-refractivity contribution in [3.8, 4) is 0 Å². The van der Waals surface area contributed by atoms with Gasteiger partial charge >= 0.3 is 5.97 Å². The van der Waals surface area contributed by atoms with Crippen LogP contribution in [0.25, 0.3) is 0 Å². The summed E-state index contributed by atoms with van der Waals surface area (Å²) in [6, 6.07) is 7.82. The SMILES string of the molecule is COC(=O)[C@]1(Sc2ccccc2)C[C@@H](O)[C@@H](NC(C)=O)C([C@H](O)[C@H](O)CN)O1. The van der Waals surface area contributed by atoms with Crippen molar-refractivity contribution in [2.24, 2.45) is 5.73 Å². The summed E-state index contributed by atoms with van der Waals surface area (Å²) >= 11 is 1.02. The van der Waals surface area contributed by atoms with Crippen molar-refractivity contribution in [3.05, 3.63) is 30.3 Å². The molecule has 0 aliphatic carbocycles.